The average Bonchev–Trinajstić information content (AvgIpc) is 3.16. The highest BCUT2D eigenvalue weighted by molar-refractivity contribution is 8.18. The van der Waals surface area contributed by atoms with E-state index in [9.17, 15) is 9.59 Å². The van der Waals surface area contributed by atoms with Crippen molar-refractivity contribution >= 4 is 40.3 Å². The van der Waals surface area contributed by atoms with Gasteiger partial charge in [-0.1, -0.05) is 18.2 Å². The number of hydrogen-bond acceptors (Lipinski definition) is 5. The van der Waals surface area contributed by atoms with E-state index in [1.54, 1.807) is 19.3 Å². The summed E-state index contributed by atoms with van der Waals surface area (Å²) in [6.45, 7) is 3.81. The van der Waals surface area contributed by atoms with E-state index in [4.69, 9.17) is 4.74 Å². The number of nitrogens with zero attached hydrogens (tertiary/aromatic N) is 1. The molecule has 0 N–H and O–H groups in total. The summed E-state index contributed by atoms with van der Waals surface area (Å²) in [5, 5.41) is 1.77. The van der Waals surface area contributed by atoms with E-state index in [-0.39, 0.29) is 17.7 Å². The maximum Gasteiger partial charge on any atom is 0.293 e. The van der Waals surface area contributed by atoms with Crippen molar-refractivity contribution < 1.29 is 14.3 Å². The number of carbonyl (C=O) groups is 2. The Labute approximate surface area is 148 Å². The topological polar surface area (TPSA) is 46.6 Å². The van der Waals surface area contributed by atoms with Crippen LogP contribution in [0.1, 0.15) is 4.88 Å². The number of ether oxygens (including phenoxy) is 1. The summed E-state index contributed by atoms with van der Waals surface area (Å²) in [5.41, 5.74) is 2.10. The van der Waals surface area contributed by atoms with Crippen LogP contribution in [0.5, 0.6) is 5.75 Å². The highest BCUT2D eigenvalue weighted by Gasteiger charge is 2.34. The molecule has 1 aliphatic heterocycles. The number of carbonyl (C=O) groups excluding carboxylic acids is 2. The van der Waals surface area contributed by atoms with Crippen LogP contribution in [0.25, 0.3) is 17.2 Å². The predicted octanol–water partition coefficient (Wildman–Crippen LogP) is 4.65. The summed E-state index contributed by atoms with van der Waals surface area (Å²) in [4.78, 5) is 26.6. The number of thioether (sulfide) groups is 1. The van der Waals surface area contributed by atoms with Gasteiger partial charge < -0.3 is 4.74 Å². The molecule has 1 aromatic carbocycles. The molecule has 1 aromatic heterocycles. The van der Waals surface area contributed by atoms with Gasteiger partial charge in [0, 0.05) is 11.4 Å². The molecule has 4 nitrogen and oxygen atoms in total. The molecule has 2 heterocycles. The smallest absolute Gasteiger partial charge is 0.293 e. The fourth-order valence-electron chi connectivity index (χ4n) is 2.30. The normalized spacial score (nSPS) is 16.0. The Morgan fingerprint density at radius 2 is 2.08 bits per heavy atom. The molecule has 1 saturated heterocycles. The number of hydrogen-bond donors (Lipinski definition) is 0. The first-order valence-corrected chi connectivity index (χ1v) is 8.91. The first kappa shape index (κ1) is 16.5. The molecule has 24 heavy (non-hydrogen) atoms. The fraction of sp³-hybridized carbons (Fsp3) is 0.111. The van der Waals surface area contributed by atoms with Crippen molar-refractivity contribution in [2.75, 3.05) is 13.7 Å². The Kier molecular flexibility index (Phi) is 4.87. The SMILES string of the molecule is C=CCN1C(=O)SC(=Cc2cc(-c3cccc(OC)c3)cs2)C1=O. The van der Waals surface area contributed by atoms with Crippen LogP contribution in [0.15, 0.2) is 53.3 Å². The third-order valence-corrected chi connectivity index (χ3v) is 5.27. The molecule has 0 spiro atoms. The van der Waals surface area contributed by atoms with Crippen LogP contribution in [0.4, 0.5) is 4.79 Å². The van der Waals surface area contributed by atoms with Gasteiger partial charge in [-0.05, 0) is 52.5 Å². The minimum atomic E-state index is -0.263. The van der Waals surface area contributed by atoms with Crippen LogP contribution in [0, 0.1) is 0 Å². The zero-order chi connectivity index (χ0) is 17.1. The number of thiophene rings is 1. The monoisotopic (exact) mass is 357 g/mol. The largest absolute Gasteiger partial charge is 0.497 e. The van der Waals surface area contributed by atoms with Crippen LogP contribution in [-0.4, -0.2) is 29.7 Å². The highest BCUT2D eigenvalue weighted by atomic mass is 32.2. The lowest BCUT2D eigenvalue weighted by Gasteiger charge is -2.07. The van der Waals surface area contributed by atoms with Crippen molar-refractivity contribution in [3.05, 3.63) is 58.1 Å². The molecule has 3 rings (SSSR count). The van der Waals surface area contributed by atoms with Crippen LogP contribution >= 0.6 is 23.1 Å². The van der Waals surface area contributed by atoms with Crippen LogP contribution < -0.4 is 4.74 Å². The minimum Gasteiger partial charge on any atom is -0.497 e. The van der Waals surface area contributed by atoms with Gasteiger partial charge in [-0.15, -0.1) is 17.9 Å². The molecule has 0 radical (unpaired) electrons. The predicted molar refractivity (Wildman–Crippen MR) is 99.2 cm³/mol. The first-order chi connectivity index (χ1) is 11.6. The summed E-state index contributed by atoms with van der Waals surface area (Å²) in [6.07, 6.45) is 3.31. The molecular weight excluding hydrogens is 342 g/mol. The zero-order valence-corrected chi connectivity index (χ0v) is 14.7. The molecule has 1 aliphatic rings. The molecule has 122 valence electrons. The van der Waals surface area contributed by atoms with Crippen molar-refractivity contribution in [1.29, 1.82) is 0 Å². The second kappa shape index (κ2) is 7.07. The Hall–Kier alpha value is -2.31. The third-order valence-electron chi connectivity index (χ3n) is 3.48. The zero-order valence-electron chi connectivity index (χ0n) is 13.0. The second-order valence-corrected chi connectivity index (χ2v) is 6.99. The van der Waals surface area contributed by atoms with Gasteiger partial charge in [-0.2, -0.15) is 0 Å². The summed E-state index contributed by atoms with van der Waals surface area (Å²) in [7, 11) is 1.64. The van der Waals surface area contributed by atoms with Crippen molar-refractivity contribution in [3.63, 3.8) is 0 Å². The number of benzene rings is 1. The van der Waals surface area contributed by atoms with E-state index < -0.39 is 0 Å². The third kappa shape index (κ3) is 3.29. The van der Waals surface area contributed by atoms with E-state index in [0.29, 0.717) is 4.91 Å². The quantitative estimate of drug-likeness (QED) is 0.577. The molecule has 0 saturated carbocycles. The van der Waals surface area contributed by atoms with Crippen molar-refractivity contribution in [3.8, 4) is 16.9 Å². The van der Waals surface area contributed by atoms with E-state index in [2.05, 4.69) is 6.58 Å². The maximum atomic E-state index is 12.2. The number of amides is 2. The van der Waals surface area contributed by atoms with Gasteiger partial charge in [0.1, 0.15) is 5.75 Å². The van der Waals surface area contributed by atoms with Crippen LogP contribution in [-0.2, 0) is 4.79 Å². The van der Waals surface area contributed by atoms with Crippen molar-refractivity contribution in [2.45, 2.75) is 0 Å². The summed E-state index contributed by atoms with van der Waals surface area (Å²) in [5.74, 6) is 0.534. The van der Waals surface area contributed by atoms with E-state index in [1.165, 1.54) is 16.2 Å². The number of rotatable bonds is 5. The lowest BCUT2D eigenvalue weighted by Crippen LogP contribution is -2.27. The van der Waals surface area contributed by atoms with Crippen LogP contribution in [0.3, 0.4) is 0 Å². The molecular formula is C18H15NO3S2. The van der Waals surface area contributed by atoms with Crippen LogP contribution in [0.2, 0.25) is 0 Å². The Morgan fingerprint density at radius 3 is 2.83 bits per heavy atom. The standard InChI is InChI=1S/C18H15NO3S2/c1-3-7-19-17(20)16(24-18(19)21)10-15-9-13(11-23-15)12-5-4-6-14(8-12)22-2/h3-6,8-11H,1,7H2,2H3. The molecule has 0 atom stereocenters. The lowest BCUT2D eigenvalue weighted by atomic mass is 10.1. The van der Waals surface area contributed by atoms with Gasteiger partial charge in [0.05, 0.1) is 12.0 Å². The summed E-state index contributed by atoms with van der Waals surface area (Å²) in [6, 6.07) is 9.80. The number of imide groups is 1. The molecule has 0 unspecified atom stereocenters. The Balaban J connectivity index is 1.85. The van der Waals surface area contributed by atoms with Gasteiger partial charge in [-0.25, -0.2) is 0 Å². The van der Waals surface area contributed by atoms with Crippen molar-refractivity contribution in [1.82, 2.24) is 4.90 Å². The second-order valence-electron chi connectivity index (χ2n) is 5.05. The average molecular weight is 357 g/mol. The molecule has 1 fully saturated rings. The molecule has 2 amide bonds. The van der Waals surface area contributed by atoms with E-state index >= 15 is 0 Å². The molecule has 2 aromatic rings. The maximum absolute atomic E-state index is 12.2. The molecule has 6 heteroatoms. The minimum absolute atomic E-state index is 0.238. The van der Waals surface area contributed by atoms with Gasteiger partial charge in [0.25, 0.3) is 11.1 Å². The van der Waals surface area contributed by atoms with Gasteiger partial charge in [0.15, 0.2) is 0 Å². The lowest BCUT2D eigenvalue weighted by molar-refractivity contribution is -0.122. The molecule has 0 aliphatic carbocycles. The number of methoxy groups -OCH3 is 1. The van der Waals surface area contributed by atoms with Crippen molar-refractivity contribution in [2.24, 2.45) is 0 Å². The van der Waals surface area contributed by atoms with E-state index in [0.717, 1.165) is 33.5 Å². The molecule has 0 bridgehead atoms. The summed E-state index contributed by atoms with van der Waals surface area (Å²) < 4.78 is 5.24. The van der Waals surface area contributed by atoms with Gasteiger partial charge >= 0.3 is 0 Å². The summed E-state index contributed by atoms with van der Waals surface area (Å²) >= 11 is 2.49. The first-order valence-electron chi connectivity index (χ1n) is 7.21. The fourth-order valence-corrected chi connectivity index (χ4v) is 4.06. The van der Waals surface area contributed by atoms with E-state index in [1.807, 2.05) is 35.7 Å². The van der Waals surface area contributed by atoms with Gasteiger partial charge in [0.2, 0.25) is 0 Å². The Bertz CT molecular complexity index is 838. The van der Waals surface area contributed by atoms with Gasteiger partial charge in [-0.3, -0.25) is 14.5 Å². The highest BCUT2D eigenvalue weighted by Crippen LogP contribution is 2.35. The Morgan fingerprint density at radius 1 is 1.25 bits per heavy atom.